The van der Waals surface area contributed by atoms with E-state index < -0.39 is 12.0 Å². The van der Waals surface area contributed by atoms with Gasteiger partial charge in [0.15, 0.2) is 16.3 Å². The Kier molecular flexibility index (Phi) is 6.87. The van der Waals surface area contributed by atoms with Crippen LogP contribution in [-0.4, -0.2) is 31.4 Å². The van der Waals surface area contributed by atoms with Gasteiger partial charge in [-0.25, -0.2) is 9.79 Å². The van der Waals surface area contributed by atoms with Crippen LogP contribution >= 0.6 is 38.6 Å². The molecule has 1 atom stereocenters. The second kappa shape index (κ2) is 9.66. The number of hydrogen-bond acceptors (Lipinski definition) is 8. The van der Waals surface area contributed by atoms with Crippen LogP contribution < -0.4 is 24.4 Å². The lowest BCUT2D eigenvalue weighted by Crippen LogP contribution is -2.39. The lowest BCUT2D eigenvalue weighted by Gasteiger charge is -2.25. The number of carbonyl (C=O) groups is 1. The molecule has 0 bridgehead atoms. The summed E-state index contributed by atoms with van der Waals surface area (Å²) in [7, 11) is 3.09. The van der Waals surface area contributed by atoms with Crippen molar-refractivity contribution in [3.8, 4) is 11.5 Å². The standard InChI is InChI=1S/C23H21BrN2O5S2/c1-5-31-22(28)19-12(2)25-23-26(20(19)13-6-8-15(29-3)16(10-13)30-4)21(27)17(33-23)11-14-7-9-18(24)32-14/h6-11,20H,5H2,1-4H3. The van der Waals surface area contributed by atoms with E-state index in [1.807, 2.05) is 24.3 Å². The number of rotatable bonds is 6. The van der Waals surface area contributed by atoms with Gasteiger partial charge in [0, 0.05) is 4.88 Å². The lowest BCUT2D eigenvalue weighted by molar-refractivity contribution is -0.139. The van der Waals surface area contributed by atoms with E-state index in [1.54, 1.807) is 44.8 Å². The third-order valence-electron chi connectivity index (χ3n) is 5.11. The van der Waals surface area contributed by atoms with Crippen LogP contribution in [0.15, 0.2) is 55.2 Å². The summed E-state index contributed by atoms with van der Waals surface area (Å²) in [6.45, 7) is 3.72. The second-order valence-corrected chi connectivity index (χ2v) is 10.6. The van der Waals surface area contributed by atoms with Gasteiger partial charge in [-0.15, -0.1) is 11.3 Å². The highest BCUT2D eigenvalue weighted by Crippen LogP contribution is 2.36. The topological polar surface area (TPSA) is 79.1 Å². The van der Waals surface area contributed by atoms with Crippen molar-refractivity contribution in [1.82, 2.24) is 4.57 Å². The van der Waals surface area contributed by atoms with Gasteiger partial charge in [-0.2, -0.15) is 0 Å². The van der Waals surface area contributed by atoms with E-state index in [1.165, 1.54) is 22.7 Å². The molecule has 0 amide bonds. The summed E-state index contributed by atoms with van der Waals surface area (Å²) in [5.74, 6) is 0.545. The molecule has 2 aromatic heterocycles. The fourth-order valence-electron chi connectivity index (χ4n) is 3.66. The molecule has 1 aromatic carbocycles. The monoisotopic (exact) mass is 548 g/mol. The summed E-state index contributed by atoms with van der Waals surface area (Å²) in [6, 6.07) is 8.51. The van der Waals surface area contributed by atoms with E-state index in [-0.39, 0.29) is 12.2 Å². The molecule has 4 rings (SSSR count). The summed E-state index contributed by atoms with van der Waals surface area (Å²) >= 11 is 6.27. The van der Waals surface area contributed by atoms with E-state index in [0.717, 1.165) is 8.66 Å². The number of benzene rings is 1. The highest BCUT2D eigenvalue weighted by molar-refractivity contribution is 9.11. The molecule has 10 heteroatoms. The molecule has 172 valence electrons. The van der Waals surface area contributed by atoms with Crippen molar-refractivity contribution in [3.63, 3.8) is 0 Å². The number of aromatic nitrogens is 1. The lowest BCUT2D eigenvalue weighted by atomic mass is 9.95. The van der Waals surface area contributed by atoms with E-state index in [2.05, 4.69) is 20.9 Å². The number of nitrogens with zero attached hydrogens (tertiary/aromatic N) is 2. The Balaban J connectivity index is 1.97. The maximum Gasteiger partial charge on any atom is 0.338 e. The molecular weight excluding hydrogens is 528 g/mol. The van der Waals surface area contributed by atoms with Crippen molar-refractivity contribution in [2.75, 3.05) is 20.8 Å². The third kappa shape index (κ3) is 4.42. The summed E-state index contributed by atoms with van der Waals surface area (Å²) in [5.41, 5.74) is 1.30. The highest BCUT2D eigenvalue weighted by atomic mass is 79.9. The van der Waals surface area contributed by atoms with Crippen LogP contribution in [0.2, 0.25) is 0 Å². The normalized spacial score (nSPS) is 15.8. The highest BCUT2D eigenvalue weighted by Gasteiger charge is 2.33. The average molecular weight is 549 g/mol. The zero-order chi connectivity index (χ0) is 23.7. The Morgan fingerprint density at radius 2 is 1.94 bits per heavy atom. The van der Waals surface area contributed by atoms with Gasteiger partial charge in [-0.3, -0.25) is 9.36 Å². The summed E-state index contributed by atoms with van der Waals surface area (Å²) in [5, 5.41) is 0. The zero-order valence-corrected chi connectivity index (χ0v) is 21.6. The number of allylic oxidation sites excluding steroid dienone is 1. The minimum absolute atomic E-state index is 0.214. The molecule has 0 radical (unpaired) electrons. The van der Waals surface area contributed by atoms with Gasteiger partial charge in [-0.1, -0.05) is 17.4 Å². The third-order valence-corrected chi connectivity index (χ3v) is 7.66. The molecule has 33 heavy (non-hydrogen) atoms. The van der Waals surface area contributed by atoms with E-state index >= 15 is 0 Å². The zero-order valence-electron chi connectivity index (χ0n) is 18.4. The minimum Gasteiger partial charge on any atom is -0.493 e. The van der Waals surface area contributed by atoms with Crippen molar-refractivity contribution in [2.24, 2.45) is 4.99 Å². The predicted octanol–water partition coefficient (Wildman–Crippen LogP) is 3.64. The van der Waals surface area contributed by atoms with Crippen molar-refractivity contribution in [3.05, 3.63) is 75.5 Å². The first-order valence-corrected chi connectivity index (χ1v) is 12.5. The maximum atomic E-state index is 13.6. The first-order chi connectivity index (χ1) is 15.9. The Morgan fingerprint density at radius 1 is 1.18 bits per heavy atom. The van der Waals surface area contributed by atoms with Crippen LogP contribution in [0, 0.1) is 0 Å². The molecule has 3 heterocycles. The summed E-state index contributed by atoms with van der Waals surface area (Å²) in [6.07, 6.45) is 1.84. The van der Waals surface area contributed by atoms with Crippen LogP contribution in [-0.2, 0) is 9.53 Å². The van der Waals surface area contributed by atoms with Crippen LogP contribution in [0.5, 0.6) is 11.5 Å². The molecule has 0 saturated heterocycles. The number of ether oxygens (including phenoxy) is 3. The van der Waals surface area contributed by atoms with Gasteiger partial charge in [-0.05, 0) is 65.7 Å². The molecule has 0 fully saturated rings. The minimum atomic E-state index is -0.711. The molecule has 0 aliphatic carbocycles. The van der Waals surface area contributed by atoms with Gasteiger partial charge in [0.2, 0.25) is 0 Å². The van der Waals surface area contributed by atoms with Crippen LogP contribution in [0.25, 0.3) is 6.08 Å². The molecule has 1 aliphatic rings. The van der Waals surface area contributed by atoms with Crippen molar-refractivity contribution >= 4 is 50.6 Å². The Bertz CT molecular complexity index is 1430. The average Bonchev–Trinajstić information content (AvgIpc) is 3.34. The number of methoxy groups -OCH3 is 2. The molecule has 1 unspecified atom stereocenters. The SMILES string of the molecule is CCOC(=O)C1=C(C)N=c2sc(=Cc3ccc(Br)s3)c(=O)n2C1c1ccc(OC)c(OC)c1. The molecule has 1 aliphatic heterocycles. The summed E-state index contributed by atoms with van der Waals surface area (Å²) in [4.78, 5) is 32.6. The van der Waals surface area contributed by atoms with Crippen molar-refractivity contribution in [1.29, 1.82) is 0 Å². The number of carbonyl (C=O) groups excluding carboxylic acids is 1. The van der Waals surface area contributed by atoms with Gasteiger partial charge >= 0.3 is 5.97 Å². The molecule has 0 spiro atoms. The van der Waals surface area contributed by atoms with Gasteiger partial charge in [0.05, 0.1) is 46.5 Å². The van der Waals surface area contributed by atoms with Gasteiger partial charge in [0.1, 0.15) is 0 Å². The van der Waals surface area contributed by atoms with Gasteiger partial charge in [0.25, 0.3) is 5.56 Å². The number of thiazole rings is 1. The maximum absolute atomic E-state index is 13.6. The van der Waals surface area contributed by atoms with Crippen LogP contribution in [0.3, 0.4) is 0 Å². The van der Waals surface area contributed by atoms with E-state index in [0.29, 0.717) is 37.7 Å². The first kappa shape index (κ1) is 23.5. The smallest absolute Gasteiger partial charge is 0.338 e. The van der Waals surface area contributed by atoms with Crippen molar-refractivity contribution < 1.29 is 19.0 Å². The number of halogens is 1. The second-order valence-electron chi connectivity index (χ2n) is 7.06. The Labute approximate surface area is 206 Å². The Hall–Kier alpha value is -2.69. The fourth-order valence-corrected chi connectivity index (χ4v) is 6.14. The van der Waals surface area contributed by atoms with E-state index in [9.17, 15) is 9.59 Å². The summed E-state index contributed by atoms with van der Waals surface area (Å²) < 4.78 is 19.2. The molecule has 3 aromatic rings. The number of hydrogen-bond donors (Lipinski definition) is 0. The number of esters is 1. The van der Waals surface area contributed by atoms with Crippen molar-refractivity contribution in [2.45, 2.75) is 19.9 Å². The van der Waals surface area contributed by atoms with Crippen LogP contribution in [0.1, 0.15) is 30.3 Å². The van der Waals surface area contributed by atoms with Gasteiger partial charge < -0.3 is 14.2 Å². The van der Waals surface area contributed by atoms with Crippen LogP contribution in [0.4, 0.5) is 0 Å². The predicted molar refractivity (Wildman–Crippen MR) is 132 cm³/mol. The number of fused-ring (bicyclic) bond motifs is 1. The molecular formula is C23H21BrN2O5S2. The fraction of sp³-hybridized carbons (Fsp3) is 0.261. The number of thiophene rings is 1. The molecule has 0 saturated carbocycles. The first-order valence-electron chi connectivity index (χ1n) is 10.0. The largest absolute Gasteiger partial charge is 0.493 e. The quantitative estimate of drug-likeness (QED) is 0.439. The molecule has 7 nitrogen and oxygen atoms in total. The Morgan fingerprint density at radius 3 is 2.58 bits per heavy atom. The molecule has 0 N–H and O–H groups in total. The van der Waals surface area contributed by atoms with E-state index in [4.69, 9.17) is 14.2 Å².